The van der Waals surface area contributed by atoms with E-state index in [2.05, 4.69) is 0 Å². The smallest absolute Gasteiger partial charge is 0.323 e. The van der Waals surface area contributed by atoms with Gasteiger partial charge >= 0.3 is 5.97 Å². The lowest BCUT2D eigenvalue weighted by Crippen LogP contribution is -2.52. The van der Waals surface area contributed by atoms with E-state index in [1.165, 1.54) is 0 Å². The van der Waals surface area contributed by atoms with Gasteiger partial charge in [-0.2, -0.15) is 0 Å². The van der Waals surface area contributed by atoms with Crippen molar-refractivity contribution < 1.29 is 14.3 Å². The molecule has 1 saturated heterocycles. The molecule has 0 bridgehead atoms. The highest BCUT2D eigenvalue weighted by atomic mass is 16.6. The average Bonchev–Trinajstić information content (AvgIpc) is 1.84. The minimum Gasteiger partial charge on any atom is -0.453 e. The summed E-state index contributed by atoms with van der Waals surface area (Å²) in [4.78, 5) is 10.9. The molecule has 4 nitrogen and oxygen atoms in total. The van der Waals surface area contributed by atoms with Gasteiger partial charge in [0.15, 0.2) is 5.60 Å². The molecule has 1 aliphatic rings. The molecule has 0 radical (unpaired) electrons. The van der Waals surface area contributed by atoms with Crippen LogP contribution < -0.4 is 5.73 Å². The van der Waals surface area contributed by atoms with Gasteiger partial charge < -0.3 is 15.2 Å². The van der Waals surface area contributed by atoms with E-state index in [0.29, 0.717) is 13.2 Å². The van der Waals surface area contributed by atoms with Crippen molar-refractivity contribution in [1.82, 2.24) is 0 Å². The summed E-state index contributed by atoms with van der Waals surface area (Å²) in [6.45, 7) is 4.39. The third-order valence-electron chi connectivity index (χ3n) is 1.53. The van der Waals surface area contributed by atoms with Crippen LogP contribution in [0.2, 0.25) is 0 Å². The highest BCUT2D eigenvalue weighted by Gasteiger charge is 2.37. The molecule has 1 aliphatic heterocycles. The van der Waals surface area contributed by atoms with Crippen LogP contribution >= 0.6 is 0 Å². The van der Waals surface area contributed by atoms with E-state index in [1.807, 2.05) is 6.92 Å². The molecule has 0 spiro atoms. The predicted octanol–water partition coefficient (Wildman–Crippen LogP) is -0.334. The summed E-state index contributed by atoms with van der Waals surface area (Å²) in [7, 11) is 0. The number of esters is 1. The van der Waals surface area contributed by atoms with Crippen LogP contribution in [-0.4, -0.2) is 30.8 Å². The van der Waals surface area contributed by atoms with Gasteiger partial charge in [-0.3, -0.25) is 4.79 Å². The SMILES string of the molecule is C[C@H](N)C(=O)OC1(C)COC1. The summed E-state index contributed by atoms with van der Waals surface area (Å²) < 4.78 is 9.95. The molecule has 2 N–H and O–H groups in total. The fraction of sp³-hybridized carbons (Fsp3) is 0.857. The molecule has 11 heavy (non-hydrogen) atoms. The van der Waals surface area contributed by atoms with E-state index in [0.717, 1.165) is 0 Å². The molecule has 0 saturated carbocycles. The van der Waals surface area contributed by atoms with Gasteiger partial charge in [-0.05, 0) is 13.8 Å². The second-order valence-corrected chi connectivity index (χ2v) is 3.15. The van der Waals surface area contributed by atoms with Crippen molar-refractivity contribution in [3.63, 3.8) is 0 Å². The molecule has 4 heteroatoms. The number of carbonyl (C=O) groups is 1. The molecule has 0 aromatic carbocycles. The largest absolute Gasteiger partial charge is 0.453 e. The Balaban J connectivity index is 2.35. The minimum absolute atomic E-state index is 0.365. The first kappa shape index (κ1) is 8.49. The topological polar surface area (TPSA) is 61.6 Å². The van der Waals surface area contributed by atoms with Gasteiger partial charge in [0.2, 0.25) is 0 Å². The highest BCUT2D eigenvalue weighted by Crippen LogP contribution is 2.20. The van der Waals surface area contributed by atoms with Crippen molar-refractivity contribution in [2.24, 2.45) is 5.73 Å². The molecule has 0 amide bonds. The van der Waals surface area contributed by atoms with E-state index in [9.17, 15) is 4.79 Å². The number of rotatable bonds is 2. The van der Waals surface area contributed by atoms with Gasteiger partial charge in [-0.1, -0.05) is 0 Å². The predicted molar refractivity (Wildman–Crippen MR) is 39.0 cm³/mol. The van der Waals surface area contributed by atoms with Gasteiger partial charge in [0, 0.05) is 0 Å². The van der Waals surface area contributed by atoms with Crippen LogP contribution in [0.4, 0.5) is 0 Å². The summed E-state index contributed by atoms with van der Waals surface area (Å²) in [5.74, 6) is -0.365. The van der Waals surface area contributed by atoms with Gasteiger partial charge in [0.1, 0.15) is 6.04 Å². The van der Waals surface area contributed by atoms with Gasteiger partial charge in [0.25, 0.3) is 0 Å². The lowest BCUT2D eigenvalue weighted by atomic mass is 10.1. The number of carbonyl (C=O) groups excluding carboxylic acids is 1. The quantitative estimate of drug-likeness (QED) is 0.560. The van der Waals surface area contributed by atoms with Crippen molar-refractivity contribution in [2.45, 2.75) is 25.5 Å². The number of nitrogens with two attached hydrogens (primary N) is 1. The van der Waals surface area contributed by atoms with Crippen molar-refractivity contribution in [3.05, 3.63) is 0 Å². The Hall–Kier alpha value is -0.610. The van der Waals surface area contributed by atoms with Gasteiger partial charge in [0.05, 0.1) is 13.2 Å². The average molecular weight is 159 g/mol. The maximum absolute atomic E-state index is 10.9. The first-order valence-corrected chi connectivity index (χ1v) is 3.60. The van der Waals surface area contributed by atoms with Crippen LogP contribution in [0.15, 0.2) is 0 Å². The van der Waals surface area contributed by atoms with E-state index in [4.69, 9.17) is 15.2 Å². The Morgan fingerprint density at radius 1 is 1.73 bits per heavy atom. The molecular formula is C7H13NO3. The van der Waals surface area contributed by atoms with Crippen LogP contribution in [0, 0.1) is 0 Å². The Bertz CT molecular complexity index is 163. The maximum atomic E-state index is 10.9. The highest BCUT2D eigenvalue weighted by molar-refractivity contribution is 5.75. The summed E-state index contributed by atoms with van der Waals surface area (Å²) in [6.07, 6.45) is 0. The lowest BCUT2D eigenvalue weighted by molar-refractivity contribution is -0.207. The van der Waals surface area contributed by atoms with Crippen molar-refractivity contribution in [1.29, 1.82) is 0 Å². The first-order valence-electron chi connectivity index (χ1n) is 3.60. The minimum atomic E-state index is -0.549. The Morgan fingerprint density at radius 3 is 2.55 bits per heavy atom. The third kappa shape index (κ3) is 1.91. The van der Waals surface area contributed by atoms with Crippen LogP contribution in [0.5, 0.6) is 0 Å². The standard InChI is InChI=1S/C7H13NO3/c1-5(8)6(9)11-7(2)3-10-4-7/h5H,3-4,8H2,1-2H3/t5-/m0/s1. The molecule has 0 aromatic heterocycles. The molecular weight excluding hydrogens is 146 g/mol. The number of hydrogen-bond donors (Lipinski definition) is 1. The molecule has 0 unspecified atom stereocenters. The second-order valence-electron chi connectivity index (χ2n) is 3.15. The molecule has 64 valence electrons. The summed E-state index contributed by atoms with van der Waals surface area (Å²) >= 11 is 0. The normalized spacial score (nSPS) is 23.5. The maximum Gasteiger partial charge on any atom is 0.323 e. The molecule has 0 aliphatic carbocycles. The fourth-order valence-corrected chi connectivity index (χ4v) is 0.784. The molecule has 1 atom stereocenters. The van der Waals surface area contributed by atoms with Crippen molar-refractivity contribution >= 4 is 5.97 Å². The van der Waals surface area contributed by atoms with Crippen LogP contribution in [0.1, 0.15) is 13.8 Å². The summed E-state index contributed by atoms with van der Waals surface area (Å²) in [6, 6.07) is -0.549. The number of ether oxygens (including phenoxy) is 2. The summed E-state index contributed by atoms with van der Waals surface area (Å²) in [5, 5.41) is 0. The Morgan fingerprint density at radius 2 is 2.27 bits per heavy atom. The third-order valence-corrected chi connectivity index (χ3v) is 1.53. The second kappa shape index (κ2) is 2.79. The first-order chi connectivity index (χ1) is 5.03. The number of hydrogen-bond acceptors (Lipinski definition) is 4. The van der Waals surface area contributed by atoms with Crippen molar-refractivity contribution in [2.75, 3.05) is 13.2 Å². The zero-order valence-corrected chi connectivity index (χ0v) is 6.79. The van der Waals surface area contributed by atoms with Gasteiger partial charge in [-0.15, -0.1) is 0 Å². The zero-order chi connectivity index (χ0) is 8.48. The van der Waals surface area contributed by atoms with E-state index >= 15 is 0 Å². The lowest BCUT2D eigenvalue weighted by Gasteiger charge is -2.37. The molecule has 1 rings (SSSR count). The van der Waals surface area contributed by atoms with E-state index < -0.39 is 11.6 Å². The zero-order valence-electron chi connectivity index (χ0n) is 6.79. The molecule has 0 aromatic rings. The van der Waals surface area contributed by atoms with Crippen LogP contribution in [0.3, 0.4) is 0 Å². The Labute approximate surface area is 65.7 Å². The monoisotopic (exact) mass is 159 g/mol. The van der Waals surface area contributed by atoms with Crippen LogP contribution in [-0.2, 0) is 14.3 Å². The van der Waals surface area contributed by atoms with Gasteiger partial charge in [-0.25, -0.2) is 0 Å². The van der Waals surface area contributed by atoms with E-state index in [1.54, 1.807) is 6.92 Å². The Kier molecular flexibility index (Phi) is 2.15. The molecule has 1 heterocycles. The van der Waals surface area contributed by atoms with Crippen molar-refractivity contribution in [3.8, 4) is 0 Å². The fourth-order valence-electron chi connectivity index (χ4n) is 0.784. The van der Waals surface area contributed by atoms with E-state index in [-0.39, 0.29) is 5.97 Å². The van der Waals surface area contributed by atoms with Crippen LogP contribution in [0.25, 0.3) is 0 Å². The summed E-state index contributed by atoms with van der Waals surface area (Å²) in [5.41, 5.74) is 4.88. The molecule has 1 fully saturated rings.